The van der Waals surface area contributed by atoms with E-state index in [9.17, 15) is 0 Å². The van der Waals surface area contributed by atoms with Gasteiger partial charge < -0.3 is 11.1 Å². The fourth-order valence-corrected chi connectivity index (χ4v) is 3.60. The number of nitrogens with one attached hydrogen (secondary N) is 1. The molecule has 0 amide bonds. The molecular formula is C15H17ClN2S2. The van der Waals surface area contributed by atoms with Crippen molar-refractivity contribution in [1.29, 1.82) is 0 Å². The van der Waals surface area contributed by atoms with E-state index in [1.54, 1.807) is 17.4 Å². The first-order chi connectivity index (χ1) is 9.50. The number of hydrogen-bond acceptors (Lipinski definition) is 3. The SMILES string of the molecule is CC(C)C(Nc1cccc(Cl)c1C(N)=S)c1cccs1. The van der Waals surface area contributed by atoms with Gasteiger partial charge in [-0.25, -0.2) is 0 Å². The summed E-state index contributed by atoms with van der Waals surface area (Å²) in [6, 6.07) is 10.1. The molecule has 1 atom stereocenters. The molecule has 0 saturated heterocycles. The van der Waals surface area contributed by atoms with Gasteiger partial charge in [0, 0.05) is 10.6 Å². The van der Waals surface area contributed by atoms with E-state index in [-0.39, 0.29) is 6.04 Å². The predicted octanol–water partition coefficient (Wildman–Crippen LogP) is 4.84. The van der Waals surface area contributed by atoms with Gasteiger partial charge in [0.15, 0.2) is 0 Å². The van der Waals surface area contributed by atoms with Crippen LogP contribution in [0.25, 0.3) is 0 Å². The summed E-state index contributed by atoms with van der Waals surface area (Å²) in [7, 11) is 0. The zero-order chi connectivity index (χ0) is 14.7. The van der Waals surface area contributed by atoms with Gasteiger partial charge in [0.25, 0.3) is 0 Å². The van der Waals surface area contributed by atoms with Crippen molar-refractivity contribution in [3.63, 3.8) is 0 Å². The summed E-state index contributed by atoms with van der Waals surface area (Å²) in [5.41, 5.74) is 7.40. The lowest BCUT2D eigenvalue weighted by atomic mass is 10.0. The van der Waals surface area contributed by atoms with Crippen LogP contribution in [0, 0.1) is 5.92 Å². The highest BCUT2D eigenvalue weighted by Gasteiger charge is 2.19. The number of anilines is 1. The van der Waals surface area contributed by atoms with Gasteiger partial charge in [0.2, 0.25) is 0 Å². The van der Waals surface area contributed by atoms with Gasteiger partial charge >= 0.3 is 0 Å². The molecule has 1 aromatic heterocycles. The van der Waals surface area contributed by atoms with E-state index < -0.39 is 0 Å². The summed E-state index contributed by atoms with van der Waals surface area (Å²) in [6.07, 6.45) is 0. The fourth-order valence-electron chi connectivity index (χ4n) is 2.10. The Hall–Kier alpha value is -1.10. The molecule has 0 spiro atoms. The zero-order valence-electron chi connectivity index (χ0n) is 11.4. The number of rotatable bonds is 5. The summed E-state index contributed by atoms with van der Waals surface area (Å²) < 4.78 is 0. The molecule has 0 saturated carbocycles. The van der Waals surface area contributed by atoms with Crippen LogP contribution in [-0.2, 0) is 0 Å². The van der Waals surface area contributed by atoms with Crippen LogP contribution >= 0.6 is 35.2 Å². The monoisotopic (exact) mass is 324 g/mol. The Kier molecular flexibility index (Phi) is 5.02. The minimum atomic E-state index is 0.210. The lowest BCUT2D eigenvalue weighted by Gasteiger charge is -2.24. The Bertz CT molecular complexity index is 594. The molecular weight excluding hydrogens is 308 g/mol. The molecule has 3 N–H and O–H groups in total. The lowest BCUT2D eigenvalue weighted by molar-refractivity contribution is 0.554. The third kappa shape index (κ3) is 3.32. The van der Waals surface area contributed by atoms with Crippen molar-refractivity contribution in [3.8, 4) is 0 Å². The molecule has 1 heterocycles. The molecule has 0 bridgehead atoms. The van der Waals surface area contributed by atoms with Gasteiger partial charge in [0.05, 0.1) is 16.6 Å². The molecule has 2 nitrogen and oxygen atoms in total. The molecule has 106 valence electrons. The first-order valence-electron chi connectivity index (χ1n) is 6.39. The number of nitrogens with two attached hydrogens (primary N) is 1. The van der Waals surface area contributed by atoms with E-state index in [2.05, 4.69) is 36.7 Å². The minimum absolute atomic E-state index is 0.210. The van der Waals surface area contributed by atoms with E-state index in [1.807, 2.05) is 12.1 Å². The number of hydrogen-bond donors (Lipinski definition) is 2. The van der Waals surface area contributed by atoms with Gasteiger partial charge in [-0.3, -0.25) is 0 Å². The molecule has 0 aliphatic rings. The third-order valence-corrected chi connectivity index (χ3v) is 4.56. The molecule has 0 aliphatic heterocycles. The maximum atomic E-state index is 6.21. The average Bonchev–Trinajstić information content (AvgIpc) is 2.88. The predicted molar refractivity (Wildman–Crippen MR) is 92.9 cm³/mol. The molecule has 0 fully saturated rings. The van der Waals surface area contributed by atoms with Crippen molar-refractivity contribution in [2.75, 3.05) is 5.32 Å². The Labute approximate surface area is 134 Å². The van der Waals surface area contributed by atoms with Crippen LogP contribution in [0.5, 0.6) is 0 Å². The van der Waals surface area contributed by atoms with Gasteiger partial charge in [-0.2, -0.15) is 0 Å². The second kappa shape index (κ2) is 6.57. The highest BCUT2D eigenvalue weighted by molar-refractivity contribution is 7.80. The van der Waals surface area contributed by atoms with Crippen LogP contribution in [0.1, 0.15) is 30.3 Å². The number of thiocarbonyl (C=S) groups is 1. The van der Waals surface area contributed by atoms with E-state index in [4.69, 9.17) is 29.6 Å². The summed E-state index contributed by atoms with van der Waals surface area (Å²) in [4.78, 5) is 1.60. The normalized spacial score (nSPS) is 12.4. The summed E-state index contributed by atoms with van der Waals surface area (Å²) in [5, 5.41) is 6.19. The first-order valence-corrected chi connectivity index (χ1v) is 8.05. The maximum Gasteiger partial charge on any atom is 0.107 e. The largest absolute Gasteiger partial charge is 0.389 e. The Morgan fingerprint density at radius 2 is 2.05 bits per heavy atom. The van der Waals surface area contributed by atoms with Crippen molar-refractivity contribution in [2.24, 2.45) is 11.7 Å². The van der Waals surface area contributed by atoms with E-state index in [0.717, 1.165) is 5.69 Å². The highest BCUT2D eigenvalue weighted by atomic mass is 35.5. The van der Waals surface area contributed by atoms with Crippen LogP contribution in [0.2, 0.25) is 5.02 Å². The molecule has 20 heavy (non-hydrogen) atoms. The quantitative estimate of drug-likeness (QED) is 0.772. The lowest BCUT2D eigenvalue weighted by Crippen LogP contribution is -2.19. The summed E-state index contributed by atoms with van der Waals surface area (Å²) in [5.74, 6) is 0.437. The average molecular weight is 325 g/mol. The maximum absolute atomic E-state index is 6.21. The molecule has 1 aromatic carbocycles. The third-order valence-electron chi connectivity index (χ3n) is 3.09. The number of benzene rings is 1. The van der Waals surface area contributed by atoms with Gasteiger partial charge in [-0.05, 0) is 29.5 Å². The fraction of sp³-hybridized carbons (Fsp3) is 0.267. The van der Waals surface area contributed by atoms with E-state index in [0.29, 0.717) is 21.5 Å². The Morgan fingerprint density at radius 1 is 1.30 bits per heavy atom. The smallest absolute Gasteiger partial charge is 0.107 e. The van der Waals surface area contributed by atoms with Crippen molar-refractivity contribution in [2.45, 2.75) is 19.9 Å². The molecule has 2 aromatic rings. The van der Waals surface area contributed by atoms with Crippen LogP contribution < -0.4 is 11.1 Å². The number of thiophene rings is 1. The first kappa shape index (κ1) is 15.3. The van der Waals surface area contributed by atoms with Crippen molar-refractivity contribution < 1.29 is 0 Å². The van der Waals surface area contributed by atoms with Crippen molar-refractivity contribution in [3.05, 3.63) is 51.2 Å². The highest BCUT2D eigenvalue weighted by Crippen LogP contribution is 2.33. The van der Waals surface area contributed by atoms with Gasteiger partial charge in [-0.1, -0.05) is 49.8 Å². The van der Waals surface area contributed by atoms with Crippen LogP contribution in [0.15, 0.2) is 35.7 Å². The van der Waals surface area contributed by atoms with E-state index >= 15 is 0 Å². The van der Waals surface area contributed by atoms with Crippen LogP contribution in [-0.4, -0.2) is 4.99 Å². The standard InChI is InChI=1S/C15H17ClN2S2/c1-9(2)14(12-7-4-8-20-12)18-11-6-3-5-10(16)13(11)15(17)19/h3-9,14,18H,1-2H3,(H2,17,19). The Morgan fingerprint density at radius 3 is 2.60 bits per heavy atom. The molecule has 0 radical (unpaired) electrons. The van der Waals surface area contributed by atoms with Gasteiger partial charge in [0.1, 0.15) is 4.99 Å². The molecule has 1 unspecified atom stereocenters. The molecule has 2 rings (SSSR count). The summed E-state index contributed by atoms with van der Waals surface area (Å²) in [6.45, 7) is 4.37. The van der Waals surface area contributed by atoms with E-state index in [1.165, 1.54) is 4.88 Å². The van der Waals surface area contributed by atoms with Crippen molar-refractivity contribution >= 4 is 45.8 Å². The topological polar surface area (TPSA) is 38.0 Å². The minimum Gasteiger partial charge on any atom is -0.389 e. The second-order valence-corrected chi connectivity index (χ2v) is 6.73. The molecule has 0 aliphatic carbocycles. The van der Waals surface area contributed by atoms with Crippen molar-refractivity contribution in [1.82, 2.24) is 0 Å². The zero-order valence-corrected chi connectivity index (χ0v) is 13.8. The van der Waals surface area contributed by atoms with Crippen LogP contribution in [0.4, 0.5) is 5.69 Å². The molecule has 5 heteroatoms. The number of halogens is 1. The summed E-state index contributed by atoms with van der Waals surface area (Å²) >= 11 is 13.1. The second-order valence-electron chi connectivity index (χ2n) is 4.91. The Balaban J connectivity index is 2.37. The van der Waals surface area contributed by atoms with Crippen LogP contribution in [0.3, 0.4) is 0 Å². The van der Waals surface area contributed by atoms with Gasteiger partial charge in [-0.15, -0.1) is 11.3 Å².